The summed E-state index contributed by atoms with van der Waals surface area (Å²) in [4.78, 5) is 0. The molecule has 0 bridgehead atoms. The van der Waals surface area contributed by atoms with Crippen LogP contribution in [0.5, 0.6) is 0 Å². The Balaban J connectivity index is 0. The lowest BCUT2D eigenvalue weighted by molar-refractivity contribution is 0.587. The van der Waals surface area contributed by atoms with Crippen LogP contribution in [0, 0.1) is 0 Å². The van der Waals surface area contributed by atoms with Crippen molar-refractivity contribution in [1.29, 1.82) is 0 Å². The van der Waals surface area contributed by atoms with Crippen molar-refractivity contribution in [2.24, 2.45) is 0 Å². The first-order valence-electron chi connectivity index (χ1n) is 5.03. The molecule has 0 aromatic rings. The van der Waals surface area contributed by atoms with Crippen molar-refractivity contribution < 1.29 is 0 Å². The third-order valence-corrected chi connectivity index (χ3v) is 2.55. The van der Waals surface area contributed by atoms with E-state index in [1.807, 2.05) is 0 Å². The fraction of sp³-hybridized carbons (Fsp3) is 1.00. The zero-order valence-electron chi connectivity index (χ0n) is 8.24. The van der Waals surface area contributed by atoms with Crippen molar-refractivity contribution in [3.63, 3.8) is 0 Å². The van der Waals surface area contributed by atoms with Crippen molar-refractivity contribution in [1.82, 2.24) is 0 Å². The second-order valence-electron chi connectivity index (χ2n) is 3.21. The highest BCUT2D eigenvalue weighted by atomic mass is 35.5. The molecule has 0 N–H and O–H groups in total. The van der Waals surface area contributed by atoms with Gasteiger partial charge in [0.05, 0.1) is 0 Å². The second-order valence-corrected chi connectivity index (χ2v) is 3.96. The molecule has 0 rings (SSSR count). The second kappa shape index (κ2) is 15.3. The van der Waals surface area contributed by atoms with Gasteiger partial charge < -0.3 is 0 Å². The number of rotatable bonds is 9. The lowest BCUT2D eigenvalue weighted by Gasteiger charge is -1.99. The topological polar surface area (TPSA) is 0 Å². The van der Waals surface area contributed by atoms with Crippen LogP contribution in [0.3, 0.4) is 0 Å². The zero-order chi connectivity index (χ0) is 9.07. The van der Waals surface area contributed by atoms with Gasteiger partial charge in [-0.2, -0.15) is 0 Å². The lowest BCUT2D eigenvalue weighted by Crippen LogP contribution is -1.82. The molecule has 0 saturated carbocycles. The van der Waals surface area contributed by atoms with Gasteiger partial charge in [0.15, 0.2) is 0 Å². The monoisotopic (exact) mass is 246 g/mol. The van der Waals surface area contributed by atoms with Crippen LogP contribution in [-0.4, -0.2) is 11.8 Å². The standard InChI is InChI=1S/C10H20Cl2.ClH/c11-9-7-5-3-1-2-4-6-8-10-12;/h1-10H2;1H. The predicted molar refractivity (Wildman–Crippen MR) is 65.6 cm³/mol. The van der Waals surface area contributed by atoms with E-state index in [1.54, 1.807) is 0 Å². The molecule has 0 unspecified atom stereocenters. The van der Waals surface area contributed by atoms with Gasteiger partial charge in [-0.15, -0.1) is 35.6 Å². The summed E-state index contributed by atoms with van der Waals surface area (Å²) in [5, 5.41) is 0. The summed E-state index contributed by atoms with van der Waals surface area (Å²) in [6.45, 7) is 0. The molecule has 0 aliphatic rings. The Kier molecular flexibility index (Phi) is 19.2. The zero-order valence-corrected chi connectivity index (χ0v) is 10.6. The number of unbranched alkanes of at least 4 members (excludes halogenated alkanes) is 7. The summed E-state index contributed by atoms with van der Waals surface area (Å²) < 4.78 is 0. The van der Waals surface area contributed by atoms with Crippen LogP contribution >= 0.6 is 35.6 Å². The molecule has 0 aromatic heterocycles. The minimum absolute atomic E-state index is 0. The molecule has 0 amide bonds. The fourth-order valence-corrected chi connectivity index (χ4v) is 1.63. The molecule has 0 heterocycles. The third kappa shape index (κ3) is 15.6. The predicted octanol–water partition coefficient (Wildman–Crippen LogP) is 5.01. The summed E-state index contributed by atoms with van der Waals surface area (Å²) >= 11 is 11.1. The van der Waals surface area contributed by atoms with Crippen molar-refractivity contribution in [3.8, 4) is 0 Å². The van der Waals surface area contributed by atoms with Crippen LogP contribution in [-0.2, 0) is 0 Å². The molecule has 82 valence electrons. The van der Waals surface area contributed by atoms with Crippen molar-refractivity contribution in [2.45, 2.75) is 51.4 Å². The number of halogens is 3. The highest BCUT2D eigenvalue weighted by Gasteiger charge is 1.90. The first-order chi connectivity index (χ1) is 5.91. The van der Waals surface area contributed by atoms with Gasteiger partial charge in [0, 0.05) is 11.8 Å². The smallest absolute Gasteiger partial charge is 0.0223 e. The maximum Gasteiger partial charge on any atom is 0.0223 e. The molecule has 0 saturated heterocycles. The average molecular weight is 248 g/mol. The van der Waals surface area contributed by atoms with E-state index in [1.165, 1.54) is 51.4 Å². The maximum absolute atomic E-state index is 5.57. The Morgan fingerprint density at radius 2 is 0.692 bits per heavy atom. The Morgan fingerprint density at radius 3 is 0.923 bits per heavy atom. The maximum atomic E-state index is 5.57. The first kappa shape index (κ1) is 16.3. The van der Waals surface area contributed by atoms with Gasteiger partial charge in [0.25, 0.3) is 0 Å². The molecule has 0 spiro atoms. The number of hydrogen-bond acceptors (Lipinski definition) is 0. The van der Waals surface area contributed by atoms with Crippen LogP contribution in [0.1, 0.15) is 51.4 Å². The summed E-state index contributed by atoms with van der Waals surface area (Å²) in [5.41, 5.74) is 0. The lowest BCUT2D eigenvalue weighted by atomic mass is 10.1. The molecule has 0 aliphatic carbocycles. The van der Waals surface area contributed by atoms with Gasteiger partial charge in [0.2, 0.25) is 0 Å². The van der Waals surface area contributed by atoms with Gasteiger partial charge in [-0.25, -0.2) is 0 Å². The Bertz CT molecular complexity index is 66.6. The van der Waals surface area contributed by atoms with Gasteiger partial charge in [-0.3, -0.25) is 0 Å². The molecule has 0 aromatic carbocycles. The van der Waals surface area contributed by atoms with E-state index in [9.17, 15) is 0 Å². The van der Waals surface area contributed by atoms with E-state index in [-0.39, 0.29) is 12.4 Å². The quantitative estimate of drug-likeness (QED) is 0.397. The Hall–Kier alpha value is 0.870. The molecule has 0 atom stereocenters. The minimum atomic E-state index is 0. The molecule has 3 heteroatoms. The molecule has 0 nitrogen and oxygen atoms in total. The highest BCUT2D eigenvalue weighted by molar-refractivity contribution is 6.18. The van der Waals surface area contributed by atoms with E-state index in [0.29, 0.717) is 0 Å². The Labute approximate surface area is 98.8 Å². The van der Waals surface area contributed by atoms with Crippen LogP contribution in [0.4, 0.5) is 0 Å². The first-order valence-corrected chi connectivity index (χ1v) is 6.10. The van der Waals surface area contributed by atoms with Crippen molar-refractivity contribution in [3.05, 3.63) is 0 Å². The van der Waals surface area contributed by atoms with Crippen LogP contribution in [0.2, 0.25) is 0 Å². The van der Waals surface area contributed by atoms with Gasteiger partial charge in [-0.05, 0) is 12.8 Å². The molecular weight excluding hydrogens is 226 g/mol. The molecule has 0 fully saturated rings. The van der Waals surface area contributed by atoms with E-state index in [0.717, 1.165) is 11.8 Å². The van der Waals surface area contributed by atoms with Crippen molar-refractivity contribution >= 4 is 35.6 Å². The van der Waals surface area contributed by atoms with Crippen LogP contribution in [0.15, 0.2) is 0 Å². The number of alkyl halides is 2. The fourth-order valence-electron chi connectivity index (χ4n) is 1.25. The van der Waals surface area contributed by atoms with Crippen LogP contribution < -0.4 is 0 Å². The molecule has 0 aliphatic heterocycles. The average Bonchev–Trinajstić information content (AvgIpc) is 2.10. The summed E-state index contributed by atoms with van der Waals surface area (Å²) in [7, 11) is 0. The molecular formula is C10H21Cl3. The SMILES string of the molecule is Cl.ClCCCCCCCCCCCl. The number of hydrogen-bond donors (Lipinski definition) is 0. The summed E-state index contributed by atoms with van der Waals surface area (Å²) in [6, 6.07) is 0. The van der Waals surface area contributed by atoms with Crippen LogP contribution in [0.25, 0.3) is 0 Å². The highest BCUT2D eigenvalue weighted by Crippen LogP contribution is 2.09. The largest absolute Gasteiger partial charge is 0.147 e. The normalized spacial score (nSPS) is 9.69. The summed E-state index contributed by atoms with van der Waals surface area (Å²) in [6.07, 6.45) is 10.4. The van der Waals surface area contributed by atoms with E-state index >= 15 is 0 Å². The van der Waals surface area contributed by atoms with E-state index < -0.39 is 0 Å². The molecule has 13 heavy (non-hydrogen) atoms. The van der Waals surface area contributed by atoms with E-state index in [2.05, 4.69) is 0 Å². The van der Waals surface area contributed by atoms with Gasteiger partial charge in [0.1, 0.15) is 0 Å². The van der Waals surface area contributed by atoms with Gasteiger partial charge in [-0.1, -0.05) is 38.5 Å². The van der Waals surface area contributed by atoms with Crippen molar-refractivity contribution in [2.75, 3.05) is 11.8 Å². The third-order valence-electron chi connectivity index (χ3n) is 2.02. The minimum Gasteiger partial charge on any atom is -0.147 e. The molecule has 0 radical (unpaired) electrons. The van der Waals surface area contributed by atoms with Gasteiger partial charge >= 0.3 is 0 Å². The summed E-state index contributed by atoms with van der Waals surface area (Å²) in [5.74, 6) is 1.65. The van der Waals surface area contributed by atoms with E-state index in [4.69, 9.17) is 23.2 Å². The Morgan fingerprint density at radius 1 is 0.462 bits per heavy atom.